The number of carboxylic acids is 1. The molecule has 0 aromatic carbocycles. The third-order valence-electron chi connectivity index (χ3n) is 4.96. The van der Waals surface area contributed by atoms with Gasteiger partial charge in [-0.25, -0.2) is 18.0 Å². The van der Waals surface area contributed by atoms with Crippen molar-refractivity contribution in [3.63, 3.8) is 0 Å². The van der Waals surface area contributed by atoms with E-state index in [2.05, 4.69) is 16.0 Å². The summed E-state index contributed by atoms with van der Waals surface area (Å²) in [5.41, 5.74) is 3.85. The van der Waals surface area contributed by atoms with Crippen LogP contribution in [0.5, 0.6) is 0 Å². The lowest BCUT2D eigenvalue weighted by Crippen LogP contribution is -2.59. The number of hydrogen-bond donors (Lipinski definition) is 3. The Bertz CT molecular complexity index is 979. The largest absolute Gasteiger partial charge is 0.480 e. The Morgan fingerprint density at radius 3 is 2.76 bits per heavy atom. The fourth-order valence-electron chi connectivity index (χ4n) is 3.46. The number of quaternary nitrogens is 1. The second kappa shape index (κ2) is 7.44. The van der Waals surface area contributed by atoms with Crippen LogP contribution < -0.4 is 11.1 Å². The normalized spacial score (nSPS) is 28.6. The fourth-order valence-corrected chi connectivity index (χ4v) is 5.74. The van der Waals surface area contributed by atoms with E-state index in [-0.39, 0.29) is 12.1 Å². The molecule has 11 nitrogen and oxygen atoms in total. The monoisotopic (exact) mass is 425 g/mol. The van der Waals surface area contributed by atoms with Crippen LogP contribution in [0.25, 0.3) is 6.08 Å². The molecule has 1 unspecified atom stereocenters. The molecule has 2 fully saturated rings. The average Bonchev–Trinajstić information content (AvgIpc) is 2.85. The van der Waals surface area contributed by atoms with Crippen LogP contribution in [0.2, 0.25) is 0 Å². The van der Waals surface area contributed by atoms with Crippen LogP contribution in [0.15, 0.2) is 30.0 Å². The van der Waals surface area contributed by atoms with Gasteiger partial charge in [0.1, 0.15) is 11.4 Å². The lowest BCUT2D eigenvalue weighted by molar-refractivity contribution is -0.364. The van der Waals surface area contributed by atoms with E-state index in [0.29, 0.717) is 12.2 Å². The predicted molar refractivity (Wildman–Crippen MR) is 98.7 cm³/mol. The molecular weight excluding hydrogens is 404 g/mol. The minimum atomic E-state index is -4.23. The number of rotatable bonds is 6. The minimum absolute atomic E-state index is 0.0693. The molecule has 2 aliphatic rings. The van der Waals surface area contributed by atoms with E-state index in [1.807, 2.05) is 0 Å². The van der Waals surface area contributed by atoms with Gasteiger partial charge in [0.25, 0.3) is 5.91 Å². The second-order valence-corrected chi connectivity index (χ2v) is 9.34. The van der Waals surface area contributed by atoms with Gasteiger partial charge in [-0.05, 0) is 25.1 Å². The number of nitrogens with one attached hydrogen (secondary N) is 1. The van der Waals surface area contributed by atoms with Crippen LogP contribution in [0.3, 0.4) is 0 Å². The quantitative estimate of drug-likeness (QED) is 0.355. The van der Waals surface area contributed by atoms with Crippen LogP contribution in [-0.2, 0) is 24.2 Å². The van der Waals surface area contributed by atoms with Crippen LogP contribution in [0.4, 0.5) is 4.79 Å². The minimum Gasteiger partial charge on any atom is -0.480 e. The number of carboxylic acid groups (broad SMARTS) is 1. The van der Waals surface area contributed by atoms with Crippen LogP contribution >= 0.6 is 0 Å². The van der Waals surface area contributed by atoms with Gasteiger partial charge >= 0.3 is 12.1 Å². The van der Waals surface area contributed by atoms with E-state index < -0.39 is 50.6 Å². The highest BCUT2D eigenvalue weighted by atomic mass is 32.2. The van der Waals surface area contributed by atoms with Crippen molar-refractivity contribution >= 4 is 33.9 Å². The topological polar surface area (TPSA) is 171 Å². The summed E-state index contributed by atoms with van der Waals surface area (Å²) in [5, 5.41) is 10.6. The van der Waals surface area contributed by atoms with Gasteiger partial charge in [0.2, 0.25) is 0 Å². The fraction of sp³-hybridized carbons (Fsp3) is 0.412. The Labute approximate surface area is 166 Å². The summed E-state index contributed by atoms with van der Waals surface area (Å²) >= 11 is 0. The Morgan fingerprint density at radius 1 is 1.45 bits per heavy atom. The van der Waals surface area contributed by atoms with Gasteiger partial charge in [-0.2, -0.15) is 0 Å². The zero-order valence-corrected chi connectivity index (χ0v) is 16.4. The lowest BCUT2D eigenvalue weighted by atomic mass is 9.94. The van der Waals surface area contributed by atoms with Crippen LogP contribution in [0.1, 0.15) is 12.6 Å². The molecule has 1 aromatic rings. The Kier molecular flexibility index (Phi) is 5.32. The number of aromatic nitrogens is 1. The molecule has 3 heterocycles. The number of sulfone groups is 1. The van der Waals surface area contributed by atoms with E-state index in [9.17, 15) is 27.9 Å². The smallest absolute Gasteiger partial charge is 0.407 e. The maximum atomic E-state index is 13.2. The predicted octanol–water partition coefficient (Wildman–Crippen LogP) is -1.76. The summed E-state index contributed by atoms with van der Waals surface area (Å²) in [7, 11) is -4.23. The first-order chi connectivity index (χ1) is 13.6. The second-order valence-electron chi connectivity index (χ2n) is 6.87. The third-order valence-corrected chi connectivity index (χ3v) is 7.67. The maximum Gasteiger partial charge on any atom is 0.407 e. The van der Waals surface area contributed by atoms with Gasteiger partial charge in [-0.1, -0.05) is 6.07 Å². The van der Waals surface area contributed by atoms with Gasteiger partial charge in [0.05, 0.1) is 24.4 Å². The molecule has 5 N–H and O–H groups in total. The highest BCUT2D eigenvalue weighted by molar-refractivity contribution is 7.94. The molecular formula is C17H21N4O7S+. The summed E-state index contributed by atoms with van der Waals surface area (Å²) in [5.74, 6) is -2.20. The molecule has 3 rings (SSSR count). The summed E-state index contributed by atoms with van der Waals surface area (Å²) in [6.07, 6.45) is 1.92. The Hall–Kier alpha value is -2.99. The summed E-state index contributed by atoms with van der Waals surface area (Å²) < 4.78 is 29.4. The van der Waals surface area contributed by atoms with Crippen molar-refractivity contribution < 1.29 is 38.4 Å². The Morgan fingerprint density at radius 2 is 2.17 bits per heavy atom. The van der Waals surface area contributed by atoms with Crippen molar-refractivity contribution in [1.29, 1.82) is 0 Å². The Balaban J connectivity index is 1.95. The number of fused-ring (bicyclic) bond motifs is 1. The number of carbonyl (C=O) groups excluding carboxylic acids is 2. The molecule has 29 heavy (non-hydrogen) atoms. The van der Waals surface area contributed by atoms with Gasteiger partial charge in [-0.15, -0.1) is 0 Å². The molecule has 1 aromatic heterocycles. The van der Waals surface area contributed by atoms with E-state index in [1.165, 1.54) is 19.2 Å². The van der Waals surface area contributed by atoms with E-state index in [1.54, 1.807) is 18.2 Å². The van der Waals surface area contributed by atoms with E-state index in [0.717, 1.165) is 4.90 Å². The van der Waals surface area contributed by atoms with Crippen molar-refractivity contribution in [2.75, 3.05) is 19.7 Å². The summed E-state index contributed by atoms with van der Waals surface area (Å²) in [6.45, 7) is 1.06. The maximum absolute atomic E-state index is 13.2. The third kappa shape index (κ3) is 3.23. The molecule has 0 spiro atoms. The molecule has 156 valence electrons. The zero-order chi connectivity index (χ0) is 21.4. The summed E-state index contributed by atoms with van der Waals surface area (Å²) in [4.78, 5) is 41.0. The van der Waals surface area contributed by atoms with Crippen molar-refractivity contribution in [2.24, 2.45) is 0 Å². The van der Waals surface area contributed by atoms with E-state index in [4.69, 9.17) is 4.74 Å². The number of β-lactam (4-membered cyclic amide) rings is 1. The molecule has 2 amide bonds. The van der Waals surface area contributed by atoms with Crippen molar-refractivity contribution in [1.82, 2.24) is 15.2 Å². The summed E-state index contributed by atoms with van der Waals surface area (Å²) in [6, 6.07) is 3.24. The van der Waals surface area contributed by atoms with Crippen molar-refractivity contribution in [3.05, 3.63) is 35.7 Å². The highest BCUT2D eigenvalue weighted by Gasteiger charge is 2.72. The number of ether oxygens (including phenoxy) is 1. The molecule has 0 bridgehead atoms. The number of carbonyl (C=O) groups is 3. The van der Waals surface area contributed by atoms with Crippen molar-refractivity contribution in [2.45, 2.75) is 23.1 Å². The molecule has 2 saturated heterocycles. The van der Waals surface area contributed by atoms with Gasteiger partial charge in [0, 0.05) is 6.20 Å². The highest BCUT2D eigenvalue weighted by Crippen LogP contribution is 2.49. The van der Waals surface area contributed by atoms with E-state index >= 15 is 0 Å². The standard InChI is InChI=1S/C17H20N4O7S/c1-17(9-28-16(25)20-7-5-18)12(15(23)24)21-13(22)11(14(21)29(17,26)27)8-10-4-2-3-6-19-10/h2-4,6,8,12,14H,5,7,9,18H2,1H3,(H,20,25)(H,23,24)/p+1/b11-8-/t12?,14-,17+/m1/s1. The number of amides is 2. The van der Waals surface area contributed by atoms with Gasteiger partial charge in [-0.3, -0.25) is 9.78 Å². The van der Waals surface area contributed by atoms with Crippen LogP contribution in [0, 0.1) is 0 Å². The number of pyridine rings is 1. The van der Waals surface area contributed by atoms with Crippen molar-refractivity contribution in [3.8, 4) is 0 Å². The molecule has 0 aliphatic carbocycles. The first-order valence-electron chi connectivity index (χ1n) is 8.76. The van der Waals surface area contributed by atoms with Crippen LogP contribution in [-0.4, -0.2) is 77.2 Å². The number of alkyl carbamates (subject to hydrolysis) is 1. The number of hydrogen-bond acceptors (Lipinski definition) is 7. The number of aliphatic carboxylic acids is 1. The SMILES string of the molecule is C[C@]1(COC(=O)NCC[NH3+])C(C(=O)O)N2C(=O)/C(=C/c3ccccn3)[C@H]2S1(=O)=O. The number of nitrogens with zero attached hydrogens (tertiary/aromatic N) is 2. The van der Waals surface area contributed by atoms with Gasteiger partial charge < -0.3 is 25.8 Å². The average molecular weight is 425 g/mol. The molecule has 0 radical (unpaired) electrons. The zero-order valence-electron chi connectivity index (χ0n) is 15.6. The lowest BCUT2D eigenvalue weighted by Gasteiger charge is -2.37. The molecule has 0 saturated carbocycles. The van der Waals surface area contributed by atoms with Gasteiger partial charge in [0.15, 0.2) is 21.3 Å². The first kappa shape index (κ1) is 20.7. The molecule has 3 atom stereocenters. The first-order valence-corrected chi connectivity index (χ1v) is 10.3. The molecule has 12 heteroatoms. The molecule has 2 aliphatic heterocycles.